The van der Waals surface area contributed by atoms with E-state index in [1.165, 1.54) is 0 Å². The highest BCUT2D eigenvalue weighted by Gasteiger charge is 2.22. The van der Waals surface area contributed by atoms with Gasteiger partial charge in [-0.25, -0.2) is 4.98 Å². The fourth-order valence-electron chi connectivity index (χ4n) is 3.06. The molecule has 5 nitrogen and oxygen atoms in total. The Morgan fingerprint density at radius 2 is 2.20 bits per heavy atom. The van der Waals surface area contributed by atoms with Crippen molar-refractivity contribution in [3.05, 3.63) is 40.4 Å². The number of nitrogens with two attached hydrogens (primary N) is 1. The maximum atomic E-state index is 12.0. The molecule has 2 aromatic rings. The van der Waals surface area contributed by atoms with Crippen LogP contribution in [0.25, 0.3) is 10.9 Å². The van der Waals surface area contributed by atoms with Gasteiger partial charge in [-0.15, -0.1) is 0 Å². The molecule has 1 aromatic heterocycles. The lowest BCUT2D eigenvalue weighted by molar-refractivity contribution is 0.155. The summed E-state index contributed by atoms with van der Waals surface area (Å²) in [4.78, 5) is 21.7. The van der Waals surface area contributed by atoms with Gasteiger partial charge in [-0.05, 0) is 24.5 Å². The molecule has 5 heteroatoms. The number of likely N-dealkylation sites (tertiary alicyclic amines) is 1. The lowest BCUT2D eigenvalue weighted by atomic mass is 9.97. The summed E-state index contributed by atoms with van der Waals surface area (Å²) < 4.78 is 0. The molecule has 2 heterocycles. The summed E-state index contributed by atoms with van der Waals surface area (Å²) >= 11 is 0. The third-order valence-electron chi connectivity index (χ3n) is 3.80. The topological polar surface area (TPSA) is 75.0 Å². The van der Waals surface area contributed by atoms with E-state index in [0.717, 1.165) is 30.9 Å². The van der Waals surface area contributed by atoms with Gasteiger partial charge in [0.05, 0.1) is 17.4 Å². The molecule has 3 N–H and O–H groups in total. The second-order valence-corrected chi connectivity index (χ2v) is 5.82. The number of aromatic nitrogens is 2. The Bertz CT molecular complexity index is 656. The molecule has 2 unspecified atom stereocenters. The van der Waals surface area contributed by atoms with Crippen LogP contribution in [0.3, 0.4) is 0 Å². The third-order valence-corrected chi connectivity index (χ3v) is 3.80. The third kappa shape index (κ3) is 2.73. The number of aromatic amines is 1. The van der Waals surface area contributed by atoms with Crippen molar-refractivity contribution in [3.63, 3.8) is 0 Å². The summed E-state index contributed by atoms with van der Waals surface area (Å²) in [7, 11) is 0. The summed E-state index contributed by atoms with van der Waals surface area (Å²) in [5.74, 6) is 1.31. The second-order valence-electron chi connectivity index (χ2n) is 5.82. The van der Waals surface area contributed by atoms with Gasteiger partial charge in [-0.2, -0.15) is 0 Å². The summed E-state index contributed by atoms with van der Waals surface area (Å²) in [6.07, 6.45) is 1.07. The predicted octanol–water partition coefficient (Wildman–Crippen LogP) is 1.09. The van der Waals surface area contributed by atoms with Crippen LogP contribution in [0.5, 0.6) is 0 Å². The first-order valence-corrected chi connectivity index (χ1v) is 7.07. The molecular formula is C15H20N4O. The molecule has 1 aliphatic heterocycles. The van der Waals surface area contributed by atoms with Crippen molar-refractivity contribution in [3.8, 4) is 0 Å². The Morgan fingerprint density at radius 1 is 1.40 bits per heavy atom. The number of rotatable bonds is 2. The Morgan fingerprint density at radius 3 is 3.00 bits per heavy atom. The first-order chi connectivity index (χ1) is 9.61. The van der Waals surface area contributed by atoms with Gasteiger partial charge in [0.25, 0.3) is 5.56 Å². The van der Waals surface area contributed by atoms with Gasteiger partial charge in [0.1, 0.15) is 5.82 Å². The van der Waals surface area contributed by atoms with Crippen LogP contribution in [0, 0.1) is 5.92 Å². The van der Waals surface area contributed by atoms with E-state index in [-0.39, 0.29) is 11.6 Å². The highest BCUT2D eigenvalue weighted by Crippen LogP contribution is 2.16. The van der Waals surface area contributed by atoms with Crippen LogP contribution >= 0.6 is 0 Å². The van der Waals surface area contributed by atoms with Crippen molar-refractivity contribution in [2.75, 3.05) is 13.1 Å². The van der Waals surface area contributed by atoms with Gasteiger partial charge in [0, 0.05) is 19.1 Å². The van der Waals surface area contributed by atoms with Crippen LogP contribution < -0.4 is 11.3 Å². The summed E-state index contributed by atoms with van der Waals surface area (Å²) in [5, 5.41) is 0.639. The lowest BCUT2D eigenvalue weighted by Crippen LogP contribution is -2.46. The quantitative estimate of drug-likeness (QED) is 0.858. The molecule has 0 radical (unpaired) electrons. The average molecular weight is 272 g/mol. The molecule has 1 aliphatic rings. The number of nitrogens with one attached hydrogen (secondary N) is 1. The zero-order valence-corrected chi connectivity index (χ0v) is 11.7. The Labute approximate surface area is 117 Å². The Kier molecular flexibility index (Phi) is 3.54. The predicted molar refractivity (Wildman–Crippen MR) is 79.4 cm³/mol. The van der Waals surface area contributed by atoms with Crippen molar-refractivity contribution < 1.29 is 0 Å². The van der Waals surface area contributed by atoms with Crippen LogP contribution in [0.1, 0.15) is 19.2 Å². The van der Waals surface area contributed by atoms with E-state index in [4.69, 9.17) is 5.73 Å². The average Bonchev–Trinajstić information content (AvgIpc) is 2.37. The van der Waals surface area contributed by atoms with Crippen LogP contribution in [0.2, 0.25) is 0 Å². The number of nitrogens with zero attached hydrogens (tertiary/aromatic N) is 2. The number of H-pyrrole nitrogens is 1. The molecule has 2 atom stereocenters. The van der Waals surface area contributed by atoms with Gasteiger partial charge >= 0.3 is 0 Å². The first kappa shape index (κ1) is 13.3. The van der Waals surface area contributed by atoms with Crippen molar-refractivity contribution >= 4 is 10.9 Å². The minimum atomic E-state index is -0.0695. The minimum absolute atomic E-state index is 0.0695. The maximum absolute atomic E-state index is 12.0. The van der Waals surface area contributed by atoms with Crippen LogP contribution in [0.15, 0.2) is 29.1 Å². The summed E-state index contributed by atoms with van der Waals surface area (Å²) in [6, 6.07) is 7.63. The maximum Gasteiger partial charge on any atom is 0.258 e. The highest BCUT2D eigenvalue weighted by atomic mass is 16.1. The summed E-state index contributed by atoms with van der Waals surface area (Å²) in [5.41, 5.74) is 6.74. The number of fused-ring (bicyclic) bond motifs is 1. The number of para-hydroxylation sites is 1. The number of piperidine rings is 1. The fourth-order valence-corrected chi connectivity index (χ4v) is 3.06. The van der Waals surface area contributed by atoms with Crippen molar-refractivity contribution in [2.45, 2.75) is 25.9 Å². The largest absolute Gasteiger partial charge is 0.327 e. The highest BCUT2D eigenvalue weighted by molar-refractivity contribution is 5.77. The first-order valence-electron chi connectivity index (χ1n) is 7.07. The van der Waals surface area contributed by atoms with E-state index < -0.39 is 0 Å². The van der Waals surface area contributed by atoms with E-state index >= 15 is 0 Å². The molecule has 0 bridgehead atoms. The van der Waals surface area contributed by atoms with E-state index in [2.05, 4.69) is 21.8 Å². The SMILES string of the molecule is CC1CC(N)CN(Cc2nc3ccccc3c(=O)[nH]2)C1. The van der Waals surface area contributed by atoms with Gasteiger partial charge in [0.15, 0.2) is 0 Å². The standard InChI is InChI=1S/C15H20N4O/c1-10-6-11(16)8-19(7-10)9-14-17-13-5-3-2-4-12(13)15(20)18-14/h2-5,10-11H,6-9,16H2,1H3,(H,17,18,20). The Balaban J connectivity index is 1.86. The fraction of sp³-hybridized carbons (Fsp3) is 0.467. The van der Waals surface area contributed by atoms with Gasteiger partial charge in [-0.3, -0.25) is 9.69 Å². The number of hydrogen-bond acceptors (Lipinski definition) is 4. The molecule has 1 aromatic carbocycles. The van der Waals surface area contributed by atoms with E-state index in [1.807, 2.05) is 18.2 Å². The smallest absolute Gasteiger partial charge is 0.258 e. The monoisotopic (exact) mass is 272 g/mol. The molecular weight excluding hydrogens is 252 g/mol. The lowest BCUT2D eigenvalue weighted by Gasteiger charge is -2.34. The van der Waals surface area contributed by atoms with E-state index in [1.54, 1.807) is 6.07 Å². The normalized spacial score (nSPS) is 24.1. The zero-order chi connectivity index (χ0) is 14.1. The van der Waals surface area contributed by atoms with E-state index in [9.17, 15) is 4.79 Å². The molecule has 0 spiro atoms. The van der Waals surface area contributed by atoms with Gasteiger partial charge in [-0.1, -0.05) is 19.1 Å². The van der Waals surface area contributed by atoms with Crippen molar-refractivity contribution in [2.24, 2.45) is 11.7 Å². The zero-order valence-electron chi connectivity index (χ0n) is 11.7. The number of hydrogen-bond donors (Lipinski definition) is 2. The Hall–Kier alpha value is -1.72. The number of benzene rings is 1. The molecule has 0 amide bonds. The van der Waals surface area contributed by atoms with Crippen molar-refractivity contribution in [1.29, 1.82) is 0 Å². The summed E-state index contributed by atoms with van der Waals surface area (Å²) in [6.45, 7) is 4.73. The van der Waals surface area contributed by atoms with Crippen LogP contribution in [-0.2, 0) is 6.54 Å². The van der Waals surface area contributed by atoms with Gasteiger partial charge in [0.2, 0.25) is 0 Å². The van der Waals surface area contributed by atoms with Crippen molar-refractivity contribution in [1.82, 2.24) is 14.9 Å². The van der Waals surface area contributed by atoms with Crippen LogP contribution in [0.4, 0.5) is 0 Å². The molecule has 3 rings (SSSR count). The molecule has 0 saturated carbocycles. The molecule has 1 saturated heterocycles. The van der Waals surface area contributed by atoms with Gasteiger partial charge < -0.3 is 10.7 Å². The molecule has 20 heavy (non-hydrogen) atoms. The van der Waals surface area contributed by atoms with E-state index in [0.29, 0.717) is 17.8 Å². The van der Waals surface area contributed by atoms with Crippen LogP contribution in [-0.4, -0.2) is 34.0 Å². The molecule has 106 valence electrons. The molecule has 1 fully saturated rings. The molecule has 0 aliphatic carbocycles. The second kappa shape index (κ2) is 5.34. The minimum Gasteiger partial charge on any atom is -0.327 e.